The Bertz CT molecular complexity index is 413. The van der Waals surface area contributed by atoms with Crippen molar-refractivity contribution in [2.75, 3.05) is 20.3 Å². The van der Waals surface area contributed by atoms with Gasteiger partial charge in [0.05, 0.1) is 13.7 Å². The Labute approximate surface area is 101 Å². The van der Waals surface area contributed by atoms with Gasteiger partial charge in [-0.2, -0.15) is 0 Å². The zero-order chi connectivity index (χ0) is 12.7. The van der Waals surface area contributed by atoms with Crippen molar-refractivity contribution in [3.8, 4) is 5.75 Å². The number of methoxy groups -OCH3 is 1. The van der Waals surface area contributed by atoms with Crippen LogP contribution in [-0.2, 0) is 4.79 Å². The Morgan fingerprint density at radius 1 is 1.53 bits per heavy atom. The minimum Gasteiger partial charge on any atom is -0.496 e. The molecule has 1 aromatic carbocycles. The molecule has 2 N–H and O–H groups in total. The minimum atomic E-state index is -0.234. The molecule has 0 saturated heterocycles. The highest BCUT2D eigenvalue weighted by Crippen LogP contribution is 2.20. The van der Waals surface area contributed by atoms with Gasteiger partial charge in [-0.15, -0.1) is 0 Å². The first-order valence-corrected chi connectivity index (χ1v) is 5.38. The van der Waals surface area contributed by atoms with Gasteiger partial charge in [0.25, 0.3) is 0 Å². The maximum atomic E-state index is 11.3. The Hall–Kier alpha value is -1.81. The third-order valence-electron chi connectivity index (χ3n) is 2.21. The molecule has 0 saturated carbocycles. The molecule has 4 heteroatoms. The van der Waals surface area contributed by atoms with Gasteiger partial charge in [0.1, 0.15) is 5.75 Å². The lowest BCUT2D eigenvalue weighted by molar-refractivity contribution is -0.116. The molecule has 0 aromatic heterocycles. The van der Waals surface area contributed by atoms with Crippen molar-refractivity contribution in [3.63, 3.8) is 0 Å². The summed E-state index contributed by atoms with van der Waals surface area (Å²) in [6, 6.07) is 5.75. The smallest absolute Gasteiger partial charge is 0.244 e. The highest BCUT2D eigenvalue weighted by molar-refractivity contribution is 5.92. The fourth-order valence-electron chi connectivity index (χ4n) is 1.39. The van der Waals surface area contributed by atoms with Crippen molar-refractivity contribution in [1.82, 2.24) is 5.32 Å². The number of hydrogen-bond acceptors (Lipinski definition) is 3. The number of ether oxygens (including phenoxy) is 1. The van der Waals surface area contributed by atoms with Crippen molar-refractivity contribution in [3.05, 3.63) is 35.4 Å². The van der Waals surface area contributed by atoms with Crippen molar-refractivity contribution in [2.24, 2.45) is 0 Å². The molecule has 0 atom stereocenters. The van der Waals surface area contributed by atoms with Gasteiger partial charge in [0, 0.05) is 18.2 Å². The van der Waals surface area contributed by atoms with Gasteiger partial charge in [-0.3, -0.25) is 4.79 Å². The predicted octanol–water partition coefficient (Wildman–Crippen LogP) is 1.13. The Kier molecular flexibility index (Phi) is 5.23. The normalized spacial score (nSPS) is 10.5. The van der Waals surface area contributed by atoms with Gasteiger partial charge in [-0.05, 0) is 25.1 Å². The summed E-state index contributed by atoms with van der Waals surface area (Å²) in [5.74, 6) is 0.490. The van der Waals surface area contributed by atoms with E-state index in [9.17, 15) is 4.79 Å². The van der Waals surface area contributed by atoms with Crippen LogP contribution in [0.25, 0.3) is 6.08 Å². The first kappa shape index (κ1) is 13.3. The molecule has 1 aromatic rings. The summed E-state index contributed by atoms with van der Waals surface area (Å²) in [5.41, 5.74) is 1.95. The van der Waals surface area contributed by atoms with Crippen LogP contribution in [0.3, 0.4) is 0 Å². The molecular formula is C13H17NO3. The molecule has 1 rings (SSSR count). The maximum absolute atomic E-state index is 11.3. The third-order valence-corrected chi connectivity index (χ3v) is 2.21. The van der Waals surface area contributed by atoms with Gasteiger partial charge in [-0.25, -0.2) is 0 Å². The fraction of sp³-hybridized carbons (Fsp3) is 0.308. The van der Waals surface area contributed by atoms with Crippen LogP contribution in [0, 0.1) is 6.92 Å². The Balaban J connectivity index is 2.76. The SMILES string of the molecule is COc1ccc(C)cc1/C=C/C(=O)NCCO. The number of hydrogen-bond donors (Lipinski definition) is 2. The molecular weight excluding hydrogens is 218 g/mol. The van der Waals surface area contributed by atoms with E-state index in [4.69, 9.17) is 9.84 Å². The molecule has 0 bridgehead atoms. The first-order chi connectivity index (χ1) is 8.17. The number of aliphatic hydroxyl groups excluding tert-OH is 1. The molecule has 0 spiro atoms. The second kappa shape index (κ2) is 6.70. The van der Waals surface area contributed by atoms with E-state index in [1.807, 2.05) is 25.1 Å². The second-order valence-electron chi connectivity index (χ2n) is 3.59. The van der Waals surface area contributed by atoms with Crippen LogP contribution in [0.2, 0.25) is 0 Å². The molecule has 92 valence electrons. The number of carbonyl (C=O) groups is 1. The monoisotopic (exact) mass is 235 g/mol. The number of aryl methyl sites for hydroxylation is 1. The van der Waals surface area contributed by atoms with E-state index in [1.165, 1.54) is 6.08 Å². The van der Waals surface area contributed by atoms with Crippen molar-refractivity contribution < 1.29 is 14.6 Å². The lowest BCUT2D eigenvalue weighted by Gasteiger charge is -2.05. The van der Waals surface area contributed by atoms with Gasteiger partial charge < -0.3 is 15.2 Å². The maximum Gasteiger partial charge on any atom is 0.244 e. The summed E-state index contributed by atoms with van der Waals surface area (Å²) in [4.78, 5) is 11.3. The minimum absolute atomic E-state index is 0.0622. The molecule has 1 amide bonds. The lowest BCUT2D eigenvalue weighted by atomic mass is 10.1. The van der Waals surface area contributed by atoms with Crippen molar-refractivity contribution >= 4 is 12.0 Å². The number of amides is 1. The van der Waals surface area contributed by atoms with Gasteiger partial charge in [0.2, 0.25) is 5.91 Å². The summed E-state index contributed by atoms with van der Waals surface area (Å²) in [6.45, 7) is 2.17. The largest absolute Gasteiger partial charge is 0.496 e. The van der Waals surface area contributed by atoms with E-state index in [2.05, 4.69) is 5.32 Å². The summed E-state index contributed by atoms with van der Waals surface area (Å²) in [5, 5.41) is 11.1. The third kappa shape index (κ3) is 4.28. The number of benzene rings is 1. The molecule has 0 aliphatic rings. The van der Waals surface area contributed by atoms with E-state index in [0.717, 1.165) is 16.9 Å². The highest BCUT2D eigenvalue weighted by Gasteiger charge is 2.00. The fourth-order valence-corrected chi connectivity index (χ4v) is 1.39. The van der Waals surface area contributed by atoms with Gasteiger partial charge in [-0.1, -0.05) is 11.6 Å². The highest BCUT2D eigenvalue weighted by atomic mass is 16.5. The molecule has 0 aliphatic carbocycles. The summed E-state index contributed by atoms with van der Waals surface area (Å²) >= 11 is 0. The van der Waals surface area contributed by atoms with Crippen molar-refractivity contribution in [1.29, 1.82) is 0 Å². The van der Waals surface area contributed by atoms with Gasteiger partial charge >= 0.3 is 0 Å². The molecule has 0 fully saturated rings. The number of aliphatic hydroxyl groups is 1. The van der Waals surface area contributed by atoms with E-state index in [0.29, 0.717) is 0 Å². The first-order valence-electron chi connectivity index (χ1n) is 5.38. The summed E-state index contributed by atoms with van der Waals surface area (Å²) < 4.78 is 5.19. The predicted molar refractivity (Wildman–Crippen MR) is 66.9 cm³/mol. The van der Waals surface area contributed by atoms with Crippen LogP contribution in [-0.4, -0.2) is 31.3 Å². The van der Waals surface area contributed by atoms with Crippen molar-refractivity contribution in [2.45, 2.75) is 6.92 Å². The summed E-state index contributed by atoms with van der Waals surface area (Å²) in [6.07, 6.45) is 3.12. The average Bonchev–Trinajstić information content (AvgIpc) is 2.34. The van der Waals surface area contributed by atoms with Crippen LogP contribution < -0.4 is 10.1 Å². The van der Waals surface area contributed by atoms with Gasteiger partial charge in [0.15, 0.2) is 0 Å². The van der Waals surface area contributed by atoms with Crippen LogP contribution in [0.4, 0.5) is 0 Å². The lowest BCUT2D eigenvalue weighted by Crippen LogP contribution is -2.24. The topological polar surface area (TPSA) is 58.6 Å². The zero-order valence-electron chi connectivity index (χ0n) is 10.1. The molecule has 0 heterocycles. The second-order valence-corrected chi connectivity index (χ2v) is 3.59. The van der Waals surface area contributed by atoms with E-state index < -0.39 is 0 Å². The molecule has 0 radical (unpaired) electrons. The Morgan fingerprint density at radius 3 is 2.94 bits per heavy atom. The van der Waals surface area contributed by atoms with Crippen LogP contribution in [0.5, 0.6) is 5.75 Å². The number of nitrogens with one attached hydrogen (secondary N) is 1. The van der Waals surface area contributed by atoms with Crippen LogP contribution >= 0.6 is 0 Å². The Morgan fingerprint density at radius 2 is 2.29 bits per heavy atom. The van der Waals surface area contributed by atoms with E-state index in [1.54, 1.807) is 13.2 Å². The van der Waals surface area contributed by atoms with E-state index >= 15 is 0 Å². The van der Waals surface area contributed by atoms with E-state index in [-0.39, 0.29) is 19.1 Å². The number of rotatable bonds is 5. The summed E-state index contributed by atoms with van der Waals surface area (Å²) in [7, 11) is 1.59. The molecule has 17 heavy (non-hydrogen) atoms. The zero-order valence-corrected chi connectivity index (χ0v) is 10.1. The standard InChI is InChI=1S/C13H17NO3/c1-10-3-5-12(17-2)11(9-10)4-6-13(16)14-7-8-15/h3-6,9,15H,7-8H2,1-2H3,(H,14,16)/b6-4+. The molecule has 0 unspecified atom stereocenters. The van der Waals surface area contributed by atoms with Crippen LogP contribution in [0.15, 0.2) is 24.3 Å². The number of carbonyl (C=O) groups excluding carboxylic acids is 1. The average molecular weight is 235 g/mol. The molecule has 0 aliphatic heterocycles. The molecule has 4 nitrogen and oxygen atoms in total. The van der Waals surface area contributed by atoms with Crippen LogP contribution in [0.1, 0.15) is 11.1 Å². The quantitative estimate of drug-likeness (QED) is 0.752.